The molecule has 0 unspecified atom stereocenters. The summed E-state index contributed by atoms with van der Waals surface area (Å²) < 4.78 is 1.83. The van der Waals surface area contributed by atoms with E-state index in [2.05, 4.69) is 54.4 Å². The van der Waals surface area contributed by atoms with Crippen LogP contribution >= 0.6 is 0 Å². The molecule has 1 N–H and O–H groups in total. The van der Waals surface area contributed by atoms with Crippen LogP contribution in [0.2, 0.25) is 0 Å². The van der Waals surface area contributed by atoms with Crippen LogP contribution in [0.25, 0.3) is 5.82 Å². The molecule has 1 saturated heterocycles. The van der Waals surface area contributed by atoms with Gasteiger partial charge < -0.3 is 10.2 Å². The van der Waals surface area contributed by atoms with Crippen LogP contribution in [0, 0.1) is 19.8 Å². The Labute approximate surface area is 184 Å². The molecule has 1 aliphatic carbocycles. The van der Waals surface area contributed by atoms with E-state index in [-0.39, 0.29) is 0 Å². The van der Waals surface area contributed by atoms with Crippen LogP contribution in [0.5, 0.6) is 0 Å². The van der Waals surface area contributed by atoms with E-state index in [1.54, 1.807) is 12.4 Å². The predicted octanol–water partition coefficient (Wildman–Crippen LogP) is 3.42. The number of benzene rings is 1. The zero-order chi connectivity index (χ0) is 21.2. The van der Waals surface area contributed by atoms with Crippen LogP contribution in [-0.2, 0) is 6.54 Å². The molecule has 2 fully saturated rings. The molecule has 2 aliphatic rings. The van der Waals surface area contributed by atoms with Crippen molar-refractivity contribution in [3.05, 3.63) is 59.7 Å². The number of nitrogens with zero attached hydrogens (tertiary/aromatic N) is 6. The van der Waals surface area contributed by atoms with Crippen LogP contribution in [0.3, 0.4) is 0 Å². The molecule has 7 heteroatoms. The smallest absolute Gasteiger partial charge is 0.174 e. The van der Waals surface area contributed by atoms with Crippen molar-refractivity contribution in [2.75, 3.05) is 42.9 Å². The Morgan fingerprint density at radius 1 is 1.00 bits per heavy atom. The summed E-state index contributed by atoms with van der Waals surface area (Å²) in [6.07, 6.45) is 6.37. The molecule has 3 heterocycles. The fourth-order valence-electron chi connectivity index (χ4n) is 4.28. The maximum Gasteiger partial charge on any atom is 0.174 e. The minimum Gasteiger partial charge on any atom is -0.369 e. The van der Waals surface area contributed by atoms with E-state index in [1.807, 2.05) is 24.6 Å². The SMILES string of the molecule is Cc1cc(C)n(-c2cncc(NCc3ccc(N4CCN(CC5CC5)CC4)cc3)n2)n1. The molecule has 7 nitrogen and oxygen atoms in total. The lowest BCUT2D eigenvalue weighted by atomic mass is 10.1. The molecular formula is C24H31N7. The first-order valence-corrected chi connectivity index (χ1v) is 11.3. The topological polar surface area (TPSA) is 62.1 Å². The normalized spacial score (nSPS) is 17.2. The summed E-state index contributed by atoms with van der Waals surface area (Å²) in [6, 6.07) is 10.9. The Bertz CT molecular complexity index is 1010. The number of aryl methyl sites for hydroxylation is 2. The standard InChI is InChI=1S/C24H31N7/c1-18-13-19(2)31(28-18)24-16-25-15-23(27-24)26-14-20-5-7-22(8-6-20)30-11-9-29(10-12-30)17-21-3-4-21/h5-8,13,15-16,21H,3-4,9-12,14,17H2,1-2H3,(H,26,27). The fourth-order valence-corrected chi connectivity index (χ4v) is 4.28. The third-order valence-electron chi connectivity index (χ3n) is 6.21. The van der Waals surface area contributed by atoms with Gasteiger partial charge in [-0.25, -0.2) is 9.67 Å². The Morgan fingerprint density at radius 2 is 1.77 bits per heavy atom. The molecular weight excluding hydrogens is 386 g/mol. The van der Waals surface area contributed by atoms with Gasteiger partial charge in [0.1, 0.15) is 5.82 Å². The number of piperazine rings is 1. The quantitative estimate of drug-likeness (QED) is 0.636. The maximum atomic E-state index is 4.67. The molecule has 31 heavy (non-hydrogen) atoms. The predicted molar refractivity (Wildman–Crippen MR) is 124 cm³/mol. The van der Waals surface area contributed by atoms with E-state index in [9.17, 15) is 0 Å². The van der Waals surface area contributed by atoms with E-state index in [1.165, 1.54) is 43.7 Å². The zero-order valence-corrected chi connectivity index (χ0v) is 18.5. The summed E-state index contributed by atoms with van der Waals surface area (Å²) in [4.78, 5) is 14.1. The number of hydrogen-bond donors (Lipinski definition) is 1. The van der Waals surface area contributed by atoms with Gasteiger partial charge in [-0.2, -0.15) is 5.10 Å². The summed E-state index contributed by atoms with van der Waals surface area (Å²) in [7, 11) is 0. The van der Waals surface area contributed by atoms with Gasteiger partial charge in [0.15, 0.2) is 5.82 Å². The summed E-state index contributed by atoms with van der Waals surface area (Å²) in [5, 5.41) is 7.89. The van der Waals surface area contributed by atoms with E-state index in [0.29, 0.717) is 6.54 Å². The number of anilines is 2. The second-order valence-electron chi connectivity index (χ2n) is 8.85. The first-order chi connectivity index (χ1) is 15.1. The van der Waals surface area contributed by atoms with E-state index in [4.69, 9.17) is 0 Å². The lowest BCUT2D eigenvalue weighted by Gasteiger charge is -2.36. The van der Waals surface area contributed by atoms with Gasteiger partial charge >= 0.3 is 0 Å². The van der Waals surface area contributed by atoms with Gasteiger partial charge in [-0.3, -0.25) is 9.88 Å². The van der Waals surface area contributed by atoms with Crippen molar-refractivity contribution in [2.24, 2.45) is 5.92 Å². The third kappa shape index (κ3) is 4.88. The lowest BCUT2D eigenvalue weighted by Crippen LogP contribution is -2.47. The third-order valence-corrected chi connectivity index (χ3v) is 6.21. The van der Waals surface area contributed by atoms with Crippen molar-refractivity contribution in [2.45, 2.75) is 33.2 Å². The second kappa shape index (κ2) is 8.67. The second-order valence-corrected chi connectivity index (χ2v) is 8.85. The van der Waals surface area contributed by atoms with E-state index >= 15 is 0 Å². The molecule has 3 aromatic rings. The van der Waals surface area contributed by atoms with E-state index in [0.717, 1.165) is 42.0 Å². The van der Waals surface area contributed by atoms with Gasteiger partial charge in [0.25, 0.3) is 0 Å². The molecule has 0 spiro atoms. The monoisotopic (exact) mass is 417 g/mol. The van der Waals surface area contributed by atoms with Crippen LogP contribution < -0.4 is 10.2 Å². The van der Waals surface area contributed by atoms with Crippen LogP contribution in [0.1, 0.15) is 29.8 Å². The van der Waals surface area contributed by atoms with Crippen molar-refractivity contribution in [3.63, 3.8) is 0 Å². The van der Waals surface area contributed by atoms with Crippen molar-refractivity contribution in [1.82, 2.24) is 24.6 Å². The molecule has 5 rings (SSSR count). The molecule has 0 radical (unpaired) electrons. The van der Waals surface area contributed by atoms with Crippen molar-refractivity contribution in [1.29, 1.82) is 0 Å². The van der Waals surface area contributed by atoms with Gasteiger partial charge in [0.2, 0.25) is 0 Å². The van der Waals surface area contributed by atoms with Crippen LogP contribution in [0.4, 0.5) is 11.5 Å². The number of rotatable bonds is 7. The Hall–Kier alpha value is -2.93. The minimum atomic E-state index is 0.713. The highest BCUT2D eigenvalue weighted by Crippen LogP contribution is 2.30. The Morgan fingerprint density at radius 3 is 2.45 bits per heavy atom. The summed E-state index contributed by atoms with van der Waals surface area (Å²) >= 11 is 0. The average Bonchev–Trinajstić information content (AvgIpc) is 3.54. The fraction of sp³-hybridized carbons (Fsp3) is 0.458. The van der Waals surface area contributed by atoms with Gasteiger partial charge in [0.05, 0.1) is 18.1 Å². The zero-order valence-electron chi connectivity index (χ0n) is 18.5. The molecule has 2 aromatic heterocycles. The molecule has 1 saturated carbocycles. The van der Waals surface area contributed by atoms with Gasteiger partial charge in [-0.15, -0.1) is 0 Å². The molecule has 0 atom stereocenters. The van der Waals surface area contributed by atoms with Crippen molar-refractivity contribution < 1.29 is 0 Å². The number of aromatic nitrogens is 4. The summed E-state index contributed by atoms with van der Waals surface area (Å²) in [5.74, 6) is 2.46. The molecule has 1 aliphatic heterocycles. The Balaban J connectivity index is 1.16. The lowest BCUT2D eigenvalue weighted by molar-refractivity contribution is 0.248. The highest BCUT2D eigenvalue weighted by Gasteiger charge is 2.26. The highest BCUT2D eigenvalue weighted by molar-refractivity contribution is 5.48. The van der Waals surface area contributed by atoms with Crippen LogP contribution in [0.15, 0.2) is 42.7 Å². The molecule has 0 bridgehead atoms. The van der Waals surface area contributed by atoms with Crippen molar-refractivity contribution >= 4 is 11.5 Å². The highest BCUT2D eigenvalue weighted by atomic mass is 15.3. The number of hydrogen-bond acceptors (Lipinski definition) is 6. The molecule has 0 amide bonds. The minimum absolute atomic E-state index is 0.713. The van der Waals surface area contributed by atoms with Crippen LogP contribution in [-0.4, -0.2) is 57.4 Å². The summed E-state index contributed by atoms with van der Waals surface area (Å²) in [5.41, 5.74) is 4.57. The van der Waals surface area contributed by atoms with E-state index < -0.39 is 0 Å². The molecule has 162 valence electrons. The Kier molecular flexibility index (Phi) is 5.59. The van der Waals surface area contributed by atoms with Gasteiger partial charge in [-0.1, -0.05) is 12.1 Å². The first-order valence-electron chi connectivity index (χ1n) is 11.3. The van der Waals surface area contributed by atoms with Gasteiger partial charge in [-0.05, 0) is 56.4 Å². The van der Waals surface area contributed by atoms with Gasteiger partial charge in [0, 0.05) is 50.6 Å². The maximum absolute atomic E-state index is 4.67. The first kappa shape index (κ1) is 20.0. The number of nitrogens with one attached hydrogen (secondary N) is 1. The molecule has 1 aromatic carbocycles. The summed E-state index contributed by atoms with van der Waals surface area (Å²) in [6.45, 7) is 10.6. The van der Waals surface area contributed by atoms with Crippen molar-refractivity contribution in [3.8, 4) is 5.82 Å². The average molecular weight is 418 g/mol. The largest absolute Gasteiger partial charge is 0.369 e.